The number of para-hydroxylation sites is 1. The van der Waals surface area contributed by atoms with Crippen molar-refractivity contribution >= 4 is 23.1 Å². The monoisotopic (exact) mass is 377 g/mol. The second kappa shape index (κ2) is 6.55. The number of phenolic OH excluding ortho intramolecular Hbond substituents is 2. The Balaban J connectivity index is 2.02. The number of pyridine rings is 1. The van der Waals surface area contributed by atoms with Gasteiger partial charge < -0.3 is 10.2 Å². The fraction of sp³-hybridized carbons (Fsp3) is 0.143. The molecule has 0 atom stereocenters. The van der Waals surface area contributed by atoms with E-state index in [4.69, 9.17) is 12.2 Å². The lowest BCUT2D eigenvalue weighted by Crippen LogP contribution is -1.92. The molecule has 2 heterocycles. The van der Waals surface area contributed by atoms with Gasteiger partial charge >= 0.3 is 0 Å². The van der Waals surface area contributed by atoms with Gasteiger partial charge in [0.1, 0.15) is 16.1 Å². The van der Waals surface area contributed by atoms with Crippen molar-refractivity contribution in [3.05, 3.63) is 58.9 Å². The highest BCUT2D eigenvalue weighted by atomic mass is 32.1. The minimum absolute atomic E-state index is 0.0123. The summed E-state index contributed by atoms with van der Waals surface area (Å²) >= 11 is 5.53. The maximum absolute atomic E-state index is 10.5. The van der Waals surface area contributed by atoms with Crippen molar-refractivity contribution in [2.75, 3.05) is 0 Å². The summed E-state index contributed by atoms with van der Waals surface area (Å²) in [6.45, 7) is 3.99. The SMILES string of the molecule is CC(C)c1cc(-c2[nH][nH]c(=S)c2-c2ccnc3ccccc23)c(O)cc1O. The lowest BCUT2D eigenvalue weighted by molar-refractivity contribution is 0.445. The molecule has 0 fully saturated rings. The second-order valence-corrected chi connectivity index (χ2v) is 7.20. The number of nitrogens with one attached hydrogen (secondary N) is 2. The van der Waals surface area contributed by atoms with Crippen LogP contribution in [0.3, 0.4) is 0 Å². The first kappa shape index (κ1) is 17.3. The summed E-state index contributed by atoms with van der Waals surface area (Å²) in [7, 11) is 0. The first-order valence-electron chi connectivity index (χ1n) is 8.68. The normalized spacial score (nSPS) is 11.4. The van der Waals surface area contributed by atoms with Gasteiger partial charge in [-0.2, -0.15) is 0 Å². The Kier molecular flexibility index (Phi) is 4.20. The quantitative estimate of drug-likeness (QED) is 0.356. The third-order valence-corrected chi connectivity index (χ3v) is 5.04. The van der Waals surface area contributed by atoms with Gasteiger partial charge in [-0.1, -0.05) is 44.3 Å². The molecular formula is C21H19N3O2S. The molecule has 2 aromatic heterocycles. The molecule has 5 nitrogen and oxygen atoms in total. The number of rotatable bonds is 3. The van der Waals surface area contributed by atoms with E-state index in [0.29, 0.717) is 15.9 Å². The van der Waals surface area contributed by atoms with Crippen LogP contribution < -0.4 is 0 Å². The first-order chi connectivity index (χ1) is 13.0. The van der Waals surface area contributed by atoms with Crippen LogP contribution in [0, 0.1) is 4.64 Å². The van der Waals surface area contributed by atoms with E-state index in [1.807, 2.05) is 44.2 Å². The zero-order chi connectivity index (χ0) is 19.1. The van der Waals surface area contributed by atoms with Crippen LogP contribution in [0.2, 0.25) is 0 Å². The summed E-state index contributed by atoms with van der Waals surface area (Å²) in [4.78, 5) is 4.41. The summed E-state index contributed by atoms with van der Waals surface area (Å²) in [5, 5.41) is 27.7. The highest BCUT2D eigenvalue weighted by molar-refractivity contribution is 7.71. The fourth-order valence-corrected chi connectivity index (χ4v) is 3.65. The van der Waals surface area contributed by atoms with Crippen LogP contribution in [0.15, 0.2) is 48.7 Å². The number of H-pyrrole nitrogens is 2. The predicted molar refractivity (Wildman–Crippen MR) is 110 cm³/mol. The van der Waals surface area contributed by atoms with E-state index in [1.165, 1.54) is 6.07 Å². The molecule has 4 rings (SSSR count). The molecule has 0 bridgehead atoms. The molecule has 4 aromatic rings. The number of phenols is 2. The van der Waals surface area contributed by atoms with Crippen LogP contribution in [0.5, 0.6) is 11.5 Å². The Labute approximate surface area is 161 Å². The summed E-state index contributed by atoms with van der Waals surface area (Å²) in [5.41, 5.74) is 4.61. The molecule has 27 heavy (non-hydrogen) atoms. The second-order valence-electron chi connectivity index (χ2n) is 6.79. The van der Waals surface area contributed by atoms with Crippen LogP contribution in [0.25, 0.3) is 33.3 Å². The number of aromatic hydroxyl groups is 2. The molecule has 0 radical (unpaired) electrons. The topological polar surface area (TPSA) is 84.9 Å². The molecular weight excluding hydrogens is 358 g/mol. The number of nitrogens with zero attached hydrogens (tertiary/aromatic N) is 1. The lowest BCUT2D eigenvalue weighted by atomic mass is 9.94. The van der Waals surface area contributed by atoms with Crippen molar-refractivity contribution in [1.82, 2.24) is 15.2 Å². The van der Waals surface area contributed by atoms with Gasteiger partial charge in [-0.25, -0.2) is 0 Å². The summed E-state index contributed by atoms with van der Waals surface area (Å²) in [6, 6.07) is 12.9. The van der Waals surface area contributed by atoms with Gasteiger partial charge in [0.05, 0.1) is 11.2 Å². The predicted octanol–water partition coefficient (Wildman–Crippen LogP) is 5.49. The smallest absolute Gasteiger partial charge is 0.128 e. The minimum Gasteiger partial charge on any atom is -0.508 e. The van der Waals surface area contributed by atoms with Crippen molar-refractivity contribution in [2.45, 2.75) is 19.8 Å². The van der Waals surface area contributed by atoms with Crippen LogP contribution in [-0.2, 0) is 0 Å². The Bertz CT molecular complexity index is 1200. The highest BCUT2D eigenvalue weighted by Gasteiger charge is 2.19. The summed E-state index contributed by atoms with van der Waals surface area (Å²) in [6.07, 6.45) is 1.75. The average molecular weight is 377 g/mol. The van der Waals surface area contributed by atoms with Crippen LogP contribution in [0.4, 0.5) is 0 Å². The van der Waals surface area contributed by atoms with Gasteiger partial charge in [0.15, 0.2) is 0 Å². The van der Waals surface area contributed by atoms with E-state index in [9.17, 15) is 10.2 Å². The molecule has 136 valence electrons. The molecule has 0 amide bonds. The maximum Gasteiger partial charge on any atom is 0.128 e. The van der Waals surface area contributed by atoms with Crippen LogP contribution in [-0.4, -0.2) is 25.4 Å². The molecule has 0 saturated heterocycles. The molecule has 2 aromatic carbocycles. The highest BCUT2D eigenvalue weighted by Crippen LogP contribution is 2.42. The summed E-state index contributed by atoms with van der Waals surface area (Å²) in [5.74, 6) is 0.175. The first-order valence-corrected chi connectivity index (χ1v) is 9.09. The van der Waals surface area contributed by atoms with Crippen molar-refractivity contribution in [3.8, 4) is 33.9 Å². The zero-order valence-electron chi connectivity index (χ0n) is 14.9. The van der Waals surface area contributed by atoms with Crippen LogP contribution in [0.1, 0.15) is 25.3 Å². The third kappa shape index (κ3) is 2.88. The van der Waals surface area contributed by atoms with Crippen molar-refractivity contribution in [2.24, 2.45) is 0 Å². The molecule has 0 aliphatic carbocycles. The van der Waals surface area contributed by atoms with E-state index < -0.39 is 0 Å². The summed E-state index contributed by atoms with van der Waals surface area (Å²) < 4.78 is 0.542. The van der Waals surface area contributed by atoms with Crippen LogP contribution >= 0.6 is 12.2 Å². The Morgan fingerprint density at radius 3 is 2.52 bits per heavy atom. The fourth-order valence-electron chi connectivity index (χ4n) is 3.39. The largest absolute Gasteiger partial charge is 0.508 e. The zero-order valence-corrected chi connectivity index (χ0v) is 15.8. The molecule has 0 spiro atoms. The number of aromatic amines is 2. The van der Waals surface area contributed by atoms with E-state index in [1.54, 1.807) is 12.3 Å². The third-order valence-electron chi connectivity index (χ3n) is 4.73. The lowest BCUT2D eigenvalue weighted by Gasteiger charge is -2.13. The molecule has 0 aliphatic heterocycles. The van der Waals surface area contributed by atoms with Crippen molar-refractivity contribution in [3.63, 3.8) is 0 Å². The number of hydrogen-bond acceptors (Lipinski definition) is 4. The molecule has 6 heteroatoms. The minimum atomic E-state index is -0.0123. The van der Waals surface area contributed by atoms with Crippen molar-refractivity contribution < 1.29 is 10.2 Å². The van der Waals surface area contributed by atoms with E-state index in [0.717, 1.165) is 27.6 Å². The molecule has 0 saturated carbocycles. The van der Waals surface area contributed by atoms with Gasteiger partial charge in [-0.05, 0) is 35.2 Å². The number of aromatic nitrogens is 3. The standard InChI is InChI=1S/C21H19N3O2S/c1-11(2)14-9-15(18(26)10-17(14)25)20-19(21(27)24-23-20)13-7-8-22-16-6-4-3-5-12(13)16/h3-11,25-26H,1-2H3,(H2,23,24,27). The van der Waals surface area contributed by atoms with Gasteiger partial charge in [0, 0.05) is 28.8 Å². The van der Waals surface area contributed by atoms with Crippen molar-refractivity contribution in [1.29, 1.82) is 0 Å². The number of hydrogen-bond donors (Lipinski definition) is 4. The van der Waals surface area contributed by atoms with E-state index >= 15 is 0 Å². The maximum atomic E-state index is 10.5. The Morgan fingerprint density at radius 2 is 1.74 bits per heavy atom. The molecule has 0 unspecified atom stereocenters. The van der Waals surface area contributed by atoms with E-state index in [-0.39, 0.29) is 17.4 Å². The molecule has 4 N–H and O–H groups in total. The van der Waals surface area contributed by atoms with Gasteiger partial charge in [0.2, 0.25) is 0 Å². The van der Waals surface area contributed by atoms with Gasteiger partial charge in [-0.15, -0.1) is 0 Å². The van der Waals surface area contributed by atoms with Gasteiger partial charge in [-0.3, -0.25) is 15.2 Å². The van der Waals surface area contributed by atoms with E-state index in [2.05, 4.69) is 15.2 Å². The number of fused-ring (bicyclic) bond motifs is 1. The molecule has 0 aliphatic rings. The number of benzene rings is 2. The Morgan fingerprint density at radius 1 is 0.963 bits per heavy atom. The van der Waals surface area contributed by atoms with Gasteiger partial charge in [0.25, 0.3) is 0 Å². The Hall–Kier alpha value is -3.12. The average Bonchev–Trinajstić information content (AvgIpc) is 3.02.